The number of aliphatic hydroxyl groups excluding tert-OH is 1. The van der Waals surface area contributed by atoms with Gasteiger partial charge in [0.25, 0.3) is 5.91 Å². The predicted molar refractivity (Wildman–Crippen MR) is 138 cm³/mol. The van der Waals surface area contributed by atoms with Crippen LogP contribution in [-0.4, -0.2) is 109 Å². The second kappa shape index (κ2) is 12.5. The number of amides is 2. The number of anilines is 1. The molecule has 0 atom stereocenters. The number of para-hydroxylation sites is 1. The van der Waals surface area contributed by atoms with Gasteiger partial charge < -0.3 is 29.7 Å². The number of hydrogen-bond donors (Lipinski definition) is 2. The fourth-order valence-electron chi connectivity index (χ4n) is 3.94. The second-order valence-corrected chi connectivity index (χ2v) is 10.7. The van der Waals surface area contributed by atoms with Crippen molar-refractivity contribution in [3.8, 4) is 0 Å². The molecule has 2 N–H and O–H groups in total. The highest BCUT2D eigenvalue weighted by atomic mass is 32.2. The SMILES string of the molecule is COC(=O)C1=C(Nc2ccccc2SCCN2CCN(C(=O)OC(C)(C)C)CC2)C(=O)N(CCO)C1. The van der Waals surface area contributed by atoms with E-state index in [-0.39, 0.29) is 43.0 Å². The van der Waals surface area contributed by atoms with E-state index in [1.807, 2.05) is 45.0 Å². The molecule has 0 unspecified atom stereocenters. The number of benzene rings is 1. The third kappa shape index (κ3) is 7.37. The van der Waals surface area contributed by atoms with Crippen molar-refractivity contribution < 1.29 is 29.0 Å². The van der Waals surface area contributed by atoms with Gasteiger partial charge in [0, 0.05) is 49.9 Å². The number of nitrogens with zero attached hydrogens (tertiary/aromatic N) is 3. The molecule has 0 spiro atoms. The third-order valence-electron chi connectivity index (χ3n) is 5.79. The monoisotopic (exact) mass is 520 g/mol. The summed E-state index contributed by atoms with van der Waals surface area (Å²) in [6, 6.07) is 7.63. The van der Waals surface area contributed by atoms with Gasteiger partial charge in [0.2, 0.25) is 0 Å². The number of esters is 1. The number of aliphatic hydroxyl groups is 1. The minimum atomic E-state index is -0.568. The van der Waals surface area contributed by atoms with Crippen molar-refractivity contribution in [1.29, 1.82) is 0 Å². The summed E-state index contributed by atoms with van der Waals surface area (Å²) in [6.07, 6.45) is -0.267. The van der Waals surface area contributed by atoms with E-state index in [0.29, 0.717) is 13.1 Å². The van der Waals surface area contributed by atoms with Gasteiger partial charge in [0.1, 0.15) is 11.3 Å². The smallest absolute Gasteiger partial charge is 0.410 e. The van der Waals surface area contributed by atoms with Gasteiger partial charge in [-0.05, 0) is 32.9 Å². The van der Waals surface area contributed by atoms with Crippen molar-refractivity contribution in [2.24, 2.45) is 0 Å². The Hall–Kier alpha value is -2.76. The fraction of sp³-hybridized carbons (Fsp3) is 0.560. The molecular formula is C25H36N4O6S. The lowest BCUT2D eigenvalue weighted by Gasteiger charge is -2.35. The molecule has 2 amide bonds. The molecule has 0 bridgehead atoms. The molecule has 36 heavy (non-hydrogen) atoms. The zero-order valence-electron chi connectivity index (χ0n) is 21.4. The Morgan fingerprint density at radius 2 is 1.81 bits per heavy atom. The number of piperazine rings is 1. The molecule has 10 nitrogen and oxygen atoms in total. The van der Waals surface area contributed by atoms with E-state index in [2.05, 4.69) is 10.2 Å². The number of carbonyl (C=O) groups is 3. The number of β-amino-alcohol motifs (C(OH)–C–C–N with tert-alkyl or cyclic N) is 1. The summed E-state index contributed by atoms with van der Waals surface area (Å²) in [5, 5.41) is 12.4. The largest absolute Gasteiger partial charge is 0.466 e. The first-order valence-electron chi connectivity index (χ1n) is 12.0. The van der Waals surface area contributed by atoms with Gasteiger partial charge in [-0.25, -0.2) is 9.59 Å². The van der Waals surface area contributed by atoms with E-state index in [9.17, 15) is 19.5 Å². The average Bonchev–Trinajstić information content (AvgIpc) is 3.14. The van der Waals surface area contributed by atoms with E-state index in [1.165, 1.54) is 12.0 Å². The lowest BCUT2D eigenvalue weighted by atomic mass is 10.2. The van der Waals surface area contributed by atoms with Gasteiger partial charge in [0.05, 0.1) is 31.5 Å². The summed E-state index contributed by atoms with van der Waals surface area (Å²) >= 11 is 1.65. The molecule has 0 saturated carbocycles. The number of hydrogen-bond acceptors (Lipinski definition) is 9. The van der Waals surface area contributed by atoms with Gasteiger partial charge >= 0.3 is 12.1 Å². The van der Waals surface area contributed by atoms with E-state index < -0.39 is 11.6 Å². The standard InChI is InChI=1S/C25H36N4O6S/c1-25(2,3)35-24(33)28-11-9-27(10-12-28)14-16-36-20-8-6-5-7-19(20)26-21-18(23(32)34-4)17-29(13-15-30)22(21)31/h5-8,26,30H,9-17H2,1-4H3. The lowest BCUT2D eigenvalue weighted by Crippen LogP contribution is -2.50. The average molecular weight is 521 g/mol. The molecular weight excluding hydrogens is 484 g/mol. The van der Waals surface area contributed by atoms with Crippen LogP contribution in [0.25, 0.3) is 0 Å². The topological polar surface area (TPSA) is 112 Å². The van der Waals surface area contributed by atoms with Crippen LogP contribution in [0.15, 0.2) is 40.4 Å². The maximum atomic E-state index is 12.8. The van der Waals surface area contributed by atoms with Crippen molar-refractivity contribution in [3.05, 3.63) is 35.5 Å². The fourth-order valence-corrected chi connectivity index (χ4v) is 4.96. The molecule has 2 aliphatic rings. The molecule has 1 fully saturated rings. The van der Waals surface area contributed by atoms with E-state index in [0.717, 1.165) is 36.0 Å². The van der Waals surface area contributed by atoms with Crippen LogP contribution in [0.3, 0.4) is 0 Å². The second-order valence-electron chi connectivity index (χ2n) is 9.57. The molecule has 3 rings (SSSR count). The molecule has 1 aromatic carbocycles. The molecule has 2 aliphatic heterocycles. The molecule has 1 aromatic rings. The predicted octanol–water partition coefficient (Wildman–Crippen LogP) is 2.00. The van der Waals surface area contributed by atoms with E-state index in [4.69, 9.17) is 9.47 Å². The summed E-state index contributed by atoms with van der Waals surface area (Å²) in [7, 11) is 1.28. The van der Waals surface area contributed by atoms with Crippen molar-refractivity contribution in [2.45, 2.75) is 31.3 Å². The number of thioether (sulfide) groups is 1. The van der Waals surface area contributed by atoms with Crippen molar-refractivity contribution in [2.75, 3.05) is 70.6 Å². The highest BCUT2D eigenvalue weighted by Gasteiger charge is 2.34. The van der Waals surface area contributed by atoms with Crippen LogP contribution in [0.4, 0.5) is 10.5 Å². The van der Waals surface area contributed by atoms with Gasteiger partial charge in [0.15, 0.2) is 0 Å². The first-order chi connectivity index (χ1) is 17.1. The lowest BCUT2D eigenvalue weighted by molar-refractivity contribution is -0.136. The Kier molecular flexibility index (Phi) is 9.63. The molecule has 2 heterocycles. The van der Waals surface area contributed by atoms with Gasteiger partial charge in [-0.1, -0.05) is 12.1 Å². The van der Waals surface area contributed by atoms with Crippen LogP contribution >= 0.6 is 11.8 Å². The molecule has 1 saturated heterocycles. The maximum absolute atomic E-state index is 12.8. The molecule has 11 heteroatoms. The Labute approximate surface area is 216 Å². The van der Waals surface area contributed by atoms with Gasteiger partial charge in [-0.15, -0.1) is 11.8 Å². The number of ether oxygens (including phenoxy) is 2. The van der Waals surface area contributed by atoms with Crippen LogP contribution < -0.4 is 5.32 Å². The number of carbonyl (C=O) groups excluding carboxylic acids is 3. The van der Waals surface area contributed by atoms with Crippen LogP contribution in [-0.2, 0) is 19.1 Å². The van der Waals surface area contributed by atoms with Gasteiger partial charge in [-0.3, -0.25) is 9.69 Å². The van der Waals surface area contributed by atoms with Crippen molar-refractivity contribution in [1.82, 2.24) is 14.7 Å². The van der Waals surface area contributed by atoms with Crippen LogP contribution in [0.1, 0.15) is 20.8 Å². The molecule has 0 aromatic heterocycles. The molecule has 0 aliphatic carbocycles. The van der Waals surface area contributed by atoms with Gasteiger partial charge in [-0.2, -0.15) is 0 Å². The maximum Gasteiger partial charge on any atom is 0.410 e. The zero-order chi connectivity index (χ0) is 26.3. The minimum absolute atomic E-state index is 0.0962. The van der Waals surface area contributed by atoms with Crippen LogP contribution in [0, 0.1) is 0 Å². The summed E-state index contributed by atoms with van der Waals surface area (Å²) < 4.78 is 10.3. The Balaban J connectivity index is 1.57. The first kappa shape index (κ1) is 27.8. The highest BCUT2D eigenvalue weighted by Crippen LogP contribution is 2.30. The van der Waals surface area contributed by atoms with E-state index >= 15 is 0 Å². The van der Waals surface area contributed by atoms with Crippen molar-refractivity contribution >= 4 is 35.4 Å². The summed E-state index contributed by atoms with van der Waals surface area (Å²) in [5.41, 5.74) is 0.660. The van der Waals surface area contributed by atoms with E-state index in [1.54, 1.807) is 16.7 Å². The Morgan fingerprint density at radius 1 is 1.11 bits per heavy atom. The third-order valence-corrected chi connectivity index (χ3v) is 6.84. The molecule has 198 valence electrons. The first-order valence-corrected chi connectivity index (χ1v) is 13.0. The van der Waals surface area contributed by atoms with Crippen molar-refractivity contribution in [3.63, 3.8) is 0 Å². The quantitative estimate of drug-likeness (QED) is 0.373. The minimum Gasteiger partial charge on any atom is -0.466 e. The van der Waals surface area contributed by atoms with Crippen LogP contribution in [0.5, 0.6) is 0 Å². The number of rotatable bonds is 9. The zero-order valence-corrected chi connectivity index (χ0v) is 22.2. The Bertz CT molecular complexity index is 985. The summed E-state index contributed by atoms with van der Waals surface area (Å²) in [4.78, 5) is 43.8. The number of nitrogens with one attached hydrogen (secondary N) is 1. The summed E-state index contributed by atoms with van der Waals surface area (Å²) in [6.45, 7) is 9.33. The highest BCUT2D eigenvalue weighted by molar-refractivity contribution is 7.99. The number of methoxy groups -OCH3 is 1. The Morgan fingerprint density at radius 3 is 2.44 bits per heavy atom. The summed E-state index contributed by atoms with van der Waals surface area (Å²) in [5.74, 6) is -0.0902. The normalized spacial score (nSPS) is 17.0. The van der Waals surface area contributed by atoms with Crippen LogP contribution in [0.2, 0.25) is 0 Å². The molecule has 0 radical (unpaired) electrons.